The zero-order chi connectivity index (χ0) is 58.2. The van der Waals surface area contributed by atoms with Crippen LogP contribution in [-0.4, -0.2) is 164 Å². The zero-order valence-corrected chi connectivity index (χ0v) is 47.0. The van der Waals surface area contributed by atoms with Crippen molar-refractivity contribution in [2.75, 3.05) is 82.3 Å². The van der Waals surface area contributed by atoms with Gasteiger partial charge in [-0.05, 0) is 75.4 Å². The lowest BCUT2D eigenvalue weighted by Crippen LogP contribution is -2.55. The van der Waals surface area contributed by atoms with Gasteiger partial charge in [-0.3, -0.25) is 14.4 Å². The number of ether oxygens (including phenoxy) is 6. The SMILES string of the molecule is C[C@@H]1CN(c2ncc(-c3ccc4c(n3)N(Cc3cccnc3C#N)C(C)(C)C4=O)cn2)CCN1C(=O)Cn1cc(COCCOCCOCCOCCOc2cccc(Oc3ccc(C(=O)N[C@@H](CCC(C)(C)C)C(=O)O)cn3)c2)nn1. The number of aromatic nitrogens is 8. The molecule has 8 rings (SSSR count). The summed E-state index contributed by atoms with van der Waals surface area (Å²) in [6, 6.07) is 18.3. The number of nitrogens with one attached hydrogen (secondary N) is 1. The number of carboxylic acids is 1. The maximum absolute atomic E-state index is 13.5. The van der Waals surface area contributed by atoms with Crippen LogP contribution in [0.1, 0.15) is 92.1 Å². The maximum Gasteiger partial charge on any atom is 0.326 e. The molecule has 82 heavy (non-hydrogen) atoms. The average molecular weight is 1120 g/mol. The molecule has 0 saturated carbocycles. The van der Waals surface area contributed by atoms with Gasteiger partial charge in [-0.15, -0.1) is 5.10 Å². The predicted octanol–water partition coefficient (Wildman–Crippen LogP) is 5.96. The van der Waals surface area contributed by atoms with Crippen molar-refractivity contribution < 1.29 is 52.7 Å². The average Bonchev–Trinajstić information content (AvgIpc) is 3.77. The summed E-state index contributed by atoms with van der Waals surface area (Å²) in [5.74, 6) is 0.620. The number of nitriles is 1. The molecule has 0 unspecified atom stereocenters. The highest BCUT2D eigenvalue weighted by Gasteiger charge is 2.45. The molecule has 0 aliphatic carbocycles. The van der Waals surface area contributed by atoms with Crippen molar-refractivity contribution in [1.82, 2.24) is 50.1 Å². The first-order valence-electron chi connectivity index (χ1n) is 27.1. The molecule has 2 N–H and O–H groups in total. The van der Waals surface area contributed by atoms with Crippen molar-refractivity contribution in [2.24, 2.45) is 5.41 Å². The summed E-state index contributed by atoms with van der Waals surface area (Å²) in [6.45, 7) is 16.7. The Kier molecular flexibility index (Phi) is 20.2. The van der Waals surface area contributed by atoms with Gasteiger partial charge < -0.3 is 53.5 Å². The van der Waals surface area contributed by atoms with Gasteiger partial charge in [0.25, 0.3) is 5.91 Å². The Hall–Kier alpha value is -8.50. The van der Waals surface area contributed by atoms with Crippen LogP contribution in [0.2, 0.25) is 0 Å². The second-order valence-corrected chi connectivity index (χ2v) is 21.4. The van der Waals surface area contributed by atoms with Crippen LogP contribution in [0.4, 0.5) is 11.8 Å². The van der Waals surface area contributed by atoms with E-state index in [2.05, 4.69) is 41.6 Å². The molecule has 432 valence electrons. The number of rotatable bonds is 28. The van der Waals surface area contributed by atoms with Gasteiger partial charge in [-0.25, -0.2) is 34.4 Å². The van der Waals surface area contributed by atoms with Crippen LogP contribution >= 0.6 is 0 Å². The van der Waals surface area contributed by atoms with Gasteiger partial charge in [0, 0.05) is 80.3 Å². The van der Waals surface area contributed by atoms with E-state index < -0.39 is 23.5 Å². The van der Waals surface area contributed by atoms with Gasteiger partial charge >= 0.3 is 5.97 Å². The van der Waals surface area contributed by atoms with Crippen LogP contribution in [0.15, 0.2) is 91.6 Å². The van der Waals surface area contributed by atoms with Gasteiger partial charge in [-0.1, -0.05) is 38.1 Å². The molecule has 5 aromatic heterocycles. The fourth-order valence-corrected chi connectivity index (χ4v) is 9.11. The molecule has 7 heterocycles. The minimum absolute atomic E-state index is 0.0343. The second kappa shape index (κ2) is 27.8. The zero-order valence-electron chi connectivity index (χ0n) is 47.0. The molecule has 0 radical (unpaired) electrons. The molecule has 6 aromatic rings. The van der Waals surface area contributed by atoms with E-state index in [0.29, 0.717) is 142 Å². The van der Waals surface area contributed by atoms with Gasteiger partial charge in [-0.2, -0.15) is 5.26 Å². The largest absolute Gasteiger partial charge is 0.491 e. The third-order valence-corrected chi connectivity index (χ3v) is 13.7. The minimum atomic E-state index is -1.08. The normalized spacial score (nSPS) is 15.2. The number of fused-ring (bicyclic) bond motifs is 1. The molecule has 2 aliphatic rings. The topological polar surface area (TPSA) is 285 Å². The van der Waals surface area contributed by atoms with Crippen molar-refractivity contribution >= 4 is 35.3 Å². The Morgan fingerprint density at radius 2 is 1.59 bits per heavy atom. The van der Waals surface area contributed by atoms with Gasteiger partial charge in [0.05, 0.1) is 81.4 Å². The first-order valence-corrected chi connectivity index (χ1v) is 27.1. The van der Waals surface area contributed by atoms with Gasteiger partial charge in [0.15, 0.2) is 5.78 Å². The molecule has 0 bridgehead atoms. The number of carboxylic acid groups (broad SMARTS) is 1. The van der Waals surface area contributed by atoms with Crippen molar-refractivity contribution in [3.05, 3.63) is 120 Å². The molecule has 24 nitrogen and oxygen atoms in total. The molecule has 2 amide bonds. The molecule has 1 aromatic carbocycles. The van der Waals surface area contributed by atoms with Crippen LogP contribution in [0.3, 0.4) is 0 Å². The van der Waals surface area contributed by atoms with E-state index in [4.69, 9.17) is 33.4 Å². The summed E-state index contributed by atoms with van der Waals surface area (Å²) < 4.78 is 35.7. The Labute approximate surface area is 475 Å². The molecule has 1 fully saturated rings. The highest BCUT2D eigenvalue weighted by molar-refractivity contribution is 6.13. The summed E-state index contributed by atoms with van der Waals surface area (Å²) >= 11 is 0. The summed E-state index contributed by atoms with van der Waals surface area (Å²) in [6.07, 6.45) is 8.99. The van der Waals surface area contributed by atoms with E-state index in [1.54, 1.807) is 67.3 Å². The number of piperazine rings is 1. The van der Waals surface area contributed by atoms with Crippen molar-refractivity contribution in [2.45, 2.75) is 91.7 Å². The summed E-state index contributed by atoms with van der Waals surface area (Å²) in [4.78, 5) is 79.8. The molecule has 2 atom stereocenters. The number of hydrogen-bond donors (Lipinski definition) is 2. The van der Waals surface area contributed by atoms with Gasteiger partial charge in [0.1, 0.15) is 54.0 Å². The molecule has 0 spiro atoms. The number of benzene rings is 1. The number of Topliss-reactive ketones (excluding diaryl/α,β-unsaturated/α-hetero) is 1. The number of aliphatic carboxylic acids is 1. The lowest BCUT2D eigenvalue weighted by atomic mass is 9.88. The standard InChI is InChI=1S/C58H69N13O11/c1-39-34-68(56-62-32-42(33-63-56)47-14-13-46-52(73)58(5,6)71(53(46)64-47)35-41-9-8-18-60-49(41)30-59)19-20-70(39)51(72)37-69-36-43(66-67-69)38-80-26-25-78-22-21-77-23-24-79-27-28-81-44-10-7-11-45(29-44)82-50-15-12-40(31-61-50)54(74)65-48(55(75)76)16-17-57(2,3)4/h7-15,18,29,31-33,36,39,48H,16-17,19-28,34-35,37-38H2,1-6H3,(H,65,74)(H,75,76)/t39-,48+/m1/s1. The lowest BCUT2D eigenvalue weighted by Gasteiger charge is -2.39. The van der Waals surface area contributed by atoms with E-state index in [1.807, 2.05) is 62.3 Å². The van der Waals surface area contributed by atoms with E-state index >= 15 is 0 Å². The molecule has 1 saturated heterocycles. The third-order valence-electron chi connectivity index (χ3n) is 13.7. The number of carbonyl (C=O) groups excluding carboxylic acids is 3. The van der Waals surface area contributed by atoms with E-state index in [1.165, 1.54) is 23.0 Å². The molecule has 24 heteroatoms. The third kappa shape index (κ3) is 16.1. The number of pyridine rings is 3. The fourth-order valence-electron chi connectivity index (χ4n) is 9.11. The summed E-state index contributed by atoms with van der Waals surface area (Å²) in [7, 11) is 0. The van der Waals surface area contributed by atoms with E-state index in [9.17, 15) is 29.5 Å². The number of nitrogens with zero attached hydrogens (tertiary/aromatic N) is 12. The van der Waals surface area contributed by atoms with Gasteiger partial charge in [0.2, 0.25) is 17.7 Å². The van der Waals surface area contributed by atoms with E-state index in [0.717, 1.165) is 0 Å². The first kappa shape index (κ1) is 59.6. The van der Waals surface area contributed by atoms with Crippen molar-refractivity contribution in [3.8, 4) is 34.7 Å². The van der Waals surface area contributed by atoms with E-state index in [-0.39, 0.29) is 54.3 Å². The number of ketones is 1. The van der Waals surface area contributed by atoms with Crippen LogP contribution in [0, 0.1) is 16.7 Å². The Balaban J connectivity index is 0.653. The fraction of sp³-hybridized carbons (Fsp3) is 0.448. The summed E-state index contributed by atoms with van der Waals surface area (Å²) in [5.41, 5.74) is 2.67. The van der Waals surface area contributed by atoms with Crippen molar-refractivity contribution in [1.29, 1.82) is 5.26 Å². The number of anilines is 2. The summed E-state index contributed by atoms with van der Waals surface area (Å²) in [5, 5.41) is 30.1. The molecular weight excluding hydrogens is 1050 g/mol. The molecular formula is C58H69N13O11. The van der Waals surface area contributed by atoms with Crippen LogP contribution in [-0.2, 0) is 48.2 Å². The Morgan fingerprint density at radius 3 is 2.27 bits per heavy atom. The van der Waals surface area contributed by atoms with Crippen LogP contribution in [0.25, 0.3) is 11.3 Å². The second-order valence-electron chi connectivity index (χ2n) is 21.4. The Bertz CT molecular complexity index is 3180. The minimum Gasteiger partial charge on any atom is -0.491 e. The van der Waals surface area contributed by atoms with Crippen molar-refractivity contribution in [3.63, 3.8) is 0 Å². The highest BCUT2D eigenvalue weighted by atomic mass is 16.6. The van der Waals surface area contributed by atoms with Crippen LogP contribution < -0.4 is 24.6 Å². The monoisotopic (exact) mass is 1120 g/mol. The predicted molar refractivity (Wildman–Crippen MR) is 298 cm³/mol. The number of carbonyl (C=O) groups is 4. The molecule has 2 aliphatic heterocycles. The van der Waals surface area contributed by atoms with Crippen LogP contribution in [0.5, 0.6) is 17.4 Å². The first-order chi connectivity index (χ1) is 39.4. The lowest BCUT2D eigenvalue weighted by molar-refractivity contribution is -0.139. The smallest absolute Gasteiger partial charge is 0.326 e. The Morgan fingerprint density at radius 1 is 0.866 bits per heavy atom. The highest BCUT2D eigenvalue weighted by Crippen LogP contribution is 2.40. The number of amides is 2. The number of hydrogen-bond acceptors (Lipinski definition) is 20. The quantitative estimate of drug-likeness (QED) is 0.0536. The maximum atomic E-state index is 13.5.